The Bertz CT molecular complexity index is 1300. The van der Waals surface area contributed by atoms with Crippen LogP contribution in [-0.2, 0) is 22.4 Å². The van der Waals surface area contributed by atoms with Gasteiger partial charge >= 0.3 is 0 Å². The van der Waals surface area contributed by atoms with Crippen LogP contribution >= 0.6 is 11.8 Å². The van der Waals surface area contributed by atoms with Gasteiger partial charge in [0.1, 0.15) is 11.9 Å². The Morgan fingerprint density at radius 1 is 0.971 bits per heavy atom. The topological polar surface area (TPSA) is 74.1 Å². The lowest BCUT2D eigenvalue weighted by atomic mass is 10.0. The summed E-state index contributed by atoms with van der Waals surface area (Å²) in [7, 11) is 0. The highest BCUT2D eigenvalue weighted by Crippen LogP contribution is 2.35. The molecule has 5 rings (SSSR count). The summed E-state index contributed by atoms with van der Waals surface area (Å²) >= 11 is 1.33. The van der Waals surface area contributed by atoms with Gasteiger partial charge in [0, 0.05) is 17.7 Å². The molecule has 2 aliphatic heterocycles. The van der Waals surface area contributed by atoms with E-state index in [1.54, 1.807) is 0 Å². The number of amides is 2. The Morgan fingerprint density at radius 3 is 2.53 bits per heavy atom. The van der Waals surface area contributed by atoms with E-state index >= 15 is 0 Å². The fourth-order valence-electron chi connectivity index (χ4n) is 4.21. The van der Waals surface area contributed by atoms with Crippen LogP contribution in [0.1, 0.15) is 23.6 Å². The molecule has 0 aliphatic carbocycles. The molecule has 0 fully saturated rings. The van der Waals surface area contributed by atoms with Crippen molar-refractivity contribution in [3.8, 4) is 0 Å². The molecule has 7 heteroatoms. The highest BCUT2D eigenvalue weighted by atomic mass is 32.2. The quantitative estimate of drug-likeness (QED) is 0.563. The largest absolute Gasteiger partial charge is 0.325 e. The van der Waals surface area contributed by atoms with Gasteiger partial charge in [-0.05, 0) is 35.7 Å². The van der Waals surface area contributed by atoms with Gasteiger partial charge in [-0.1, -0.05) is 79.3 Å². The fourth-order valence-corrected chi connectivity index (χ4v) is 5.05. The highest BCUT2D eigenvalue weighted by molar-refractivity contribution is 8.14. The smallest absolute Gasteiger partial charge is 0.271 e. The summed E-state index contributed by atoms with van der Waals surface area (Å²) in [5.41, 5.74) is 4.55. The number of para-hydroxylation sites is 2. The number of hydrogen-bond acceptors (Lipinski definition) is 5. The van der Waals surface area contributed by atoms with Crippen molar-refractivity contribution >= 4 is 46.0 Å². The molecular formula is C27H24N4O2S. The van der Waals surface area contributed by atoms with Crippen molar-refractivity contribution in [2.75, 3.05) is 11.1 Å². The van der Waals surface area contributed by atoms with Crippen LogP contribution in [0.3, 0.4) is 0 Å². The number of nitrogens with one attached hydrogen (secondary N) is 1. The minimum atomic E-state index is -0.485. The molecule has 0 aromatic heterocycles. The second-order valence-corrected chi connectivity index (χ2v) is 9.05. The normalized spacial score (nSPS) is 16.4. The summed E-state index contributed by atoms with van der Waals surface area (Å²) in [4.78, 5) is 36.9. The van der Waals surface area contributed by atoms with E-state index < -0.39 is 6.04 Å². The van der Waals surface area contributed by atoms with E-state index in [1.807, 2.05) is 83.8 Å². The highest BCUT2D eigenvalue weighted by Gasteiger charge is 2.41. The molecule has 0 bridgehead atoms. The number of anilines is 1. The molecule has 6 nitrogen and oxygen atoms in total. The molecule has 34 heavy (non-hydrogen) atoms. The fraction of sp³-hybridized carbons (Fsp3) is 0.185. The third-order valence-electron chi connectivity index (χ3n) is 5.88. The number of hydrogen-bond donors (Lipinski definition) is 1. The molecule has 0 saturated heterocycles. The monoisotopic (exact) mass is 468 g/mol. The first-order valence-electron chi connectivity index (χ1n) is 11.3. The Balaban J connectivity index is 1.39. The van der Waals surface area contributed by atoms with E-state index in [-0.39, 0.29) is 17.6 Å². The molecule has 0 saturated carbocycles. The van der Waals surface area contributed by atoms with Crippen LogP contribution in [0.15, 0.2) is 88.8 Å². The summed E-state index contributed by atoms with van der Waals surface area (Å²) < 4.78 is 0. The number of nitrogens with zero attached hydrogens (tertiary/aromatic N) is 3. The van der Waals surface area contributed by atoms with E-state index in [0.717, 1.165) is 34.5 Å². The molecule has 0 radical (unpaired) electrons. The van der Waals surface area contributed by atoms with Crippen LogP contribution in [0.5, 0.6) is 0 Å². The number of thioether (sulfide) groups is 1. The summed E-state index contributed by atoms with van der Waals surface area (Å²) in [5, 5.41) is 3.62. The van der Waals surface area contributed by atoms with E-state index in [0.29, 0.717) is 17.4 Å². The molecular weight excluding hydrogens is 444 g/mol. The zero-order valence-electron chi connectivity index (χ0n) is 18.8. The first-order chi connectivity index (χ1) is 16.6. The van der Waals surface area contributed by atoms with Crippen LogP contribution in [0.25, 0.3) is 0 Å². The van der Waals surface area contributed by atoms with Crippen molar-refractivity contribution in [3.05, 3.63) is 95.6 Å². The summed E-state index contributed by atoms with van der Waals surface area (Å²) in [6.45, 7) is 2.06. The van der Waals surface area contributed by atoms with Crippen LogP contribution in [-0.4, -0.2) is 39.5 Å². The van der Waals surface area contributed by atoms with Gasteiger partial charge in [0.25, 0.3) is 5.91 Å². The average Bonchev–Trinajstić information content (AvgIpc) is 3.19. The number of aliphatic imine (C=N–C) groups is 2. The van der Waals surface area contributed by atoms with Gasteiger partial charge in [-0.2, -0.15) is 4.99 Å². The standard InChI is InChI=1S/C27H24N4O2S/c1-2-19-12-6-8-14-21(19)28-24(32)17-34-27-29-22-15-9-7-13-20(22)25-30-26(33)23(31(25)27)16-18-10-4-3-5-11-18/h3-15,23H,2,16-17H2,1H3,(H,28,32). The minimum absolute atomic E-state index is 0.115. The summed E-state index contributed by atoms with van der Waals surface area (Å²) in [6, 6.07) is 24.9. The number of aryl methyl sites for hydroxylation is 1. The van der Waals surface area contributed by atoms with Gasteiger partial charge < -0.3 is 5.32 Å². The molecule has 170 valence electrons. The third kappa shape index (κ3) is 4.39. The number of carbonyl (C=O) groups is 2. The van der Waals surface area contributed by atoms with E-state index in [4.69, 9.17) is 4.99 Å². The van der Waals surface area contributed by atoms with Crippen molar-refractivity contribution in [2.24, 2.45) is 9.98 Å². The number of carbonyl (C=O) groups excluding carboxylic acids is 2. The predicted molar refractivity (Wildman–Crippen MR) is 138 cm³/mol. The number of fused-ring (bicyclic) bond motifs is 3. The first kappa shape index (κ1) is 22.1. The number of rotatable bonds is 6. The van der Waals surface area contributed by atoms with Gasteiger partial charge in [0.2, 0.25) is 5.91 Å². The maximum absolute atomic E-state index is 13.0. The van der Waals surface area contributed by atoms with Crippen LogP contribution in [0.4, 0.5) is 11.4 Å². The molecule has 2 amide bonds. The van der Waals surface area contributed by atoms with Crippen LogP contribution in [0.2, 0.25) is 0 Å². The maximum atomic E-state index is 13.0. The Hall–Kier alpha value is -3.71. The molecule has 1 atom stereocenters. The molecule has 2 aliphatic rings. The van der Waals surface area contributed by atoms with Gasteiger partial charge in [-0.3, -0.25) is 14.5 Å². The SMILES string of the molecule is CCc1ccccc1NC(=O)CSC1=Nc2ccccc2C2=NC(=O)C(Cc3ccccc3)N12. The zero-order chi connectivity index (χ0) is 23.5. The van der Waals surface area contributed by atoms with E-state index in [2.05, 4.69) is 17.2 Å². The Labute approximate surface area is 202 Å². The van der Waals surface area contributed by atoms with Gasteiger partial charge in [0.05, 0.1) is 11.4 Å². The lowest BCUT2D eigenvalue weighted by molar-refractivity contribution is -0.119. The van der Waals surface area contributed by atoms with Crippen molar-refractivity contribution in [2.45, 2.75) is 25.8 Å². The minimum Gasteiger partial charge on any atom is -0.325 e. The number of benzene rings is 3. The molecule has 1 unspecified atom stereocenters. The van der Waals surface area contributed by atoms with Crippen molar-refractivity contribution in [3.63, 3.8) is 0 Å². The first-order valence-corrected chi connectivity index (χ1v) is 12.3. The van der Waals surface area contributed by atoms with Crippen molar-refractivity contribution in [1.82, 2.24) is 4.90 Å². The lowest BCUT2D eigenvalue weighted by Gasteiger charge is -2.31. The van der Waals surface area contributed by atoms with Gasteiger partial charge in [-0.15, -0.1) is 0 Å². The van der Waals surface area contributed by atoms with E-state index in [1.165, 1.54) is 11.8 Å². The molecule has 1 N–H and O–H groups in total. The Morgan fingerprint density at radius 2 is 1.71 bits per heavy atom. The van der Waals surface area contributed by atoms with Gasteiger partial charge in [-0.25, -0.2) is 4.99 Å². The van der Waals surface area contributed by atoms with Crippen LogP contribution in [0, 0.1) is 0 Å². The van der Waals surface area contributed by atoms with Gasteiger partial charge in [0.15, 0.2) is 5.17 Å². The number of amidine groups is 2. The summed E-state index contributed by atoms with van der Waals surface area (Å²) in [5.74, 6) is 0.478. The van der Waals surface area contributed by atoms with Crippen molar-refractivity contribution < 1.29 is 9.59 Å². The van der Waals surface area contributed by atoms with Crippen molar-refractivity contribution in [1.29, 1.82) is 0 Å². The third-order valence-corrected chi connectivity index (χ3v) is 6.84. The summed E-state index contributed by atoms with van der Waals surface area (Å²) in [6.07, 6.45) is 1.36. The lowest BCUT2D eigenvalue weighted by Crippen LogP contribution is -2.45. The van der Waals surface area contributed by atoms with Crippen LogP contribution < -0.4 is 5.32 Å². The Kier molecular flexibility index (Phi) is 6.27. The second-order valence-electron chi connectivity index (χ2n) is 8.11. The predicted octanol–water partition coefficient (Wildman–Crippen LogP) is 4.82. The molecule has 0 spiro atoms. The maximum Gasteiger partial charge on any atom is 0.271 e. The van der Waals surface area contributed by atoms with E-state index in [9.17, 15) is 9.59 Å². The molecule has 2 heterocycles. The molecule has 3 aromatic carbocycles. The molecule has 3 aromatic rings. The second kappa shape index (κ2) is 9.65. The zero-order valence-corrected chi connectivity index (χ0v) is 19.6. The average molecular weight is 469 g/mol.